The predicted octanol–water partition coefficient (Wildman–Crippen LogP) is 3.41. The molecule has 1 aliphatic rings. The molecule has 25 heavy (non-hydrogen) atoms. The molecule has 0 unspecified atom stereocenters. The number of aromatic nitrogens is 1. The van der Waals surface area contributed by atoms with Gasteiger partial charge in [-0.05, 0) is 6.92 Å². The summed E-state index contributed by atoms with van der Waals surface area (Å²) < 4.78 is 10.4. The minimum atomic E-state index is -0.500. The summed E-state index contributed by atoms with van der Waals surface area (Å²) in [6, 6.07) is 8.25. The molecule has 6 nitrogen and oxygen atoms in total. The maximum absolute atomic E-state index is 12.7. The van der Waals surface area contributed by atoms with Crippen LogP contribution in [0.1, 0.15) is 43.8 Å². The van der Waals surface area contributed by atoms with Crippen LogP contribution in [0.3, 0.4) is 0 Å². The van der Waals surface area contributed by atoms with E-state index in [0.717, 1.165) is 11.3 Å². The Morgan fingerprint density at radius 3 is 2.52 bits per heavy atom. The van der Waals surface area contributed by atoms with Gasteiger partial charge >= 0.3 is 5.97 Å². The van der Waals surface area contributed by atoms with Gasteiger partial charge in [0.1, 0.15) is 10.6 Å². The molecule has 4 rings (SSSR count). The van der Waals surface area contributed by atoms with E-state index in [0.29, 0.717) is 32.3 Å². The van der Waals surface area contributed by atoms with Crippen molar-refractivity contribution in [3.63, 3.8) is 0 Å². The lowest BCUT2D eigenvalue weighted by Gasteiger charge is -2.11. The van der Waals surface area contributed by atoms with E-state index < -0.39 is 5.97 Å². The minimum absolute atomic E-state index is 0.0501. The predicted molar refractivity (Wildman–Crippen MR) is 89.2 cm³/mol. The summed E-state index contributed by atoms with van der Waals surface area (Å²) in [5.41, 5.74) is 1.56. The molecule has 0 amide bonds. The van der Waals surface area contributed by atoms with Crippen LogP contribution in [0.25, 0.3) is 10.8 Å². The van der Waals surface area contributed by atoms with E-state index in [2.05, 4.69) is 4.98 Å². The molecule has 0 saturated heterocycles. The number of hydrogen-bond acceptors (Lipinski definition) is 7. The lowest BCUT2D eigenvalue weighted by Crippen LogP contribution is -2.19. The van der Waals surface area contributed by atoms with Crippen molar-refractivity contribution in [3.8, 4) is 16.7 Å². The number of benzene rings is 1. The Bertz CT molecular complexity index is 1010. The lowest BCUT2D eigenvalue weighted by atomic mass is 9.91. The molecule has 0 bridgehead atoms. The number of ether oxygens (including phenoxy) is 1. The highest BCUT2D eigenvalue weighted by molar-refractivity contribution is 7.17. The number of esters is 1. The number of ketones is 2. The Kier molecular flexibility index (Phi) is 3.40. The third-order valence-corrected chi connectivity index (χ3v) is 4.85. The first-order valence-electron chi connectivity index (χ1n) is 7.44. The first-order valence-corrected chi connectivity index (χ1v) is 8.26. The molecule has 0 radical (unpaired) electrons. The Balaban J connectivity index is 1.81. The number of carbonyl (C=O) groups is 3. The molecule has 0 atom stereocenters. The van der Waals surface area contributed by atoms with Crippen LogP contribution in [-0.4, -0.2) is 22.5 Å². The first kappa shape index (κ1) is 15.5. The number of carbonyl (C=O) groups excluding carboxylic acids is 3. The molecule has 1 aliphatic carbocycles. The van der Waals surface area contributed by atoms with Gasteiger partial charge in [-0.3, -0.25) is 14.4 Å². The van der Waals surface area contributed by atoms with Crippen LogP contribution in [0.15, 0.2) is 34.7 Å². The van der Waals surface area contributed by atoms with Gasteiger partial charge in [-0.25, -0.2) is 4.98 Å². The number of rotatable bonds is 2. The van der Waals surface area contributed by atoms with Gasteiger partial charge in [-0.1, -0.05) is 24.3 Å². The molecule has 2 heterocycles. The van der Waals surface area contributed by atoms with Crippen LogP contribution >= 0.6 is 11.3 Å². The highest BCUT2D eigenvalue weighted by atomic mass is 32.1. The van der Waals surface area contributed by atoms with Crippen molar-refractivity contribution in [2.45, 2.75) is 13.8 Å². The second kappa shape index (κ2) is 5.49. The number of thiazole rings is 1. The van der Waals surface area contributed by atoms with Gasteiger partial charge in [0.25, 0.3) is 5.95 Å². The molecule has 0 N–H and O–H groups in total. The number of hydrogen-bond donors (Lipinski definition) is 0. The van der Waals surface area contributed by atoms with Crippen LogP contribution in [0, 0.1) is 6.92 Å². The van der Waals surface area contributed by atoms with E-state index >= 15 is 0 Å². The maximum Gasteiger partial charge on any atom is 0.310 e. The van der Waals surface area contributed by atoms with E-state index in [9.17, 15) is 14.4 Å². The van der Waals surface area contributed by atoms with Gasteiger partial charge in [-0.2, -0.15) is 0 Å². The van der Waals surface area contributed by atoms with Crippen molar-refractivity contribution in [2.75, 3.05) is 0 Å². The molecule has 2 aromatic heterocycles. The fourth-order valence-electron chi connectivity index (χ4n) is 2.71. The average Bonchev–Trinajstić information content (AvgIpc) is 3.16. The zero-order chi connectivity index (χ0) is 17.7. The van der Waals surface area contributed by atoms with Gasteiger partial charge in [0.15, 0.2) is 10.8 Å². The molecule has 124 valence electrons. The Labute approximate surface area is 146 Å². The van der Waals surface area contributed by atoms with Crippen LogP contribution in [0.2, 0.25) is 0 Å². The molecular formula is C18H11NO5S. The number of furan rings is 1. The number of fused-ring (bicyclic) bond motifs is 2. The fraction of sp³-hybridized carbons (Fsp3) is 0.111. The van der Waals surface area contributed by atoms with E-state index in [4.69, 9.17) is 9.15 Å². The third-order valence-electron chi connectivity index (χ3n) is 3.80. The van der Waals surface area contributed by atoms with Crippen LogP contribution < -0.4 is 4.74 Å². The second-order valence-electron chi connectivity index (χ2n) is 5.57. The third kappa shape index (κ3) is 2.40. The van der Waals surface area contributed by atoms with Gasteiger partial charge in [0, 0.05) is 29.7 Å². The Hall–Kier alpha value is -3.06. The van der Waals surface area contributed by atoms with Crippen molar-refractivity contribution in [1.29, 1.82) is 0 Å². The monoisotopic (exact) mass is 353 g/mol. The van der Waals surface area contributed by atoms with Gasteiger partial charge in [0.2, 0.25) is 11.6 Å². The summed E-state index contributed by atoms with van der Waals surface area (Å²) >= 11 is 1.09. The zero-order valence-corrected chi connectivity index (χ0v) is 14.1. The topological polar surface area (TPSA) is 86.5 Å². The van der Waals surface area contributed by atoms with Crippen molar-refractivity contribution >= 4 is 28.9 Å². The van der Waals surface area contributed by atoms with E-state index in [1.807, 2.05) is 0 Å². The minimum Gasteiger partial charge on any atom is -0.422 e. The Morgan fingerprint density at radius 1 is 1.16 bits per heavy atom. The molecule has 3 aromatic rings. The van der Waals surface area contributed by atoms with E-state index in [1.165, 1.54) is 6.92 Å². The summed E-state index contributed by atoms with van der Waals surface area (Å²) in [5.74, 6) is -0.579. The zero-order valence-electron chi connectivity index (χ0n) is 13.3. The number of aryl methyl sites for hydroxylation is 1. The van der Waals surface area contributed by atoms with Crippen molar-refractivity contribution < 1.29 is 23.5 Å². The molecule has 0 fully saturated rings. The normalized spacial score (nSPS) is 12.7. The van der Waals surface area contributed by atoms with Gasteiger partial charge in [-0.15, -0.1) is 11.3 Å². The van der Waals surface area contributed by atoms with E-state index in [1.54, 1.807) is 37.3 Å². The highest BCUT2D eigenvalue weighted by Crippen LogP contribution is 2.38. The highest BCUT2D eigenvalue weighted by Gasteiger charge is 2.34. The summed E-state index contributed by atoms with van der Waals surface area (Å²) in [4.78, 5) is 40.9. The first-order chi connectivity index (χ1) is 12.0. The molecule has 7 heteroatoms. The molecule has 0 saturated carbocycles. The second-order valence-corrected chi connectivity index (χ2v) is 6.57. The van der Waals surface area contributed by atoms with Gasteiger partial charge in [0.05, 0.1) is 0 Å². The van der Waals surface area contributed by atoms with Crippen molar-refractivity contribution in [1.82, 2.24) is 4.98 Å². The standard InChI is InChI=1S/C18H11NO5S/c1-8-7-12(23-9(2)20)24-16(8)18-19-13-14(21)10-5-3-4-6-11(10)15(22)17(13)25-18/h3-7H,1-2H3. The molecule has 1 aromatic carbocycles. The number of nitrogens with zero attached hydrogens (tertiary/aromatic N) is 1. The van der Waals surface area contributed by atoms with Gasteiger partial charge < -0.3 is 9.15 Å². The maximum atomic E-state index is 12.7. The SMILES string of the molecule is CC(=O)Oc1cc(C)c(-c2nc3c(s2)C(=O)c2ccccc2C3=O)o1. The van der Waals surface area contributed by atoms with Crippen LogP contribution in [0.5, 0.6) is 5.95 Å². The van der Waals surface area contributed by atoms with Crippen LogP contribution in [-0.2, 0) is 4.79 Å². The smallest absolute Gasteiger partial charge is 0.310 e. The largest absolute Gasteiger partial charge is 0.422 e. The molecule has 0 spiro atoms. The lowest BCUT2D eigenvalue weighted by molar-refractivity contribution is -0.133. The molecular weight excluding hydrogens is 342 g/mol. The summed E-state index contributed by atoms with van der Waals surface area (Å²) in [5, 5.41) is 0.399. The Morgan fingerprint density at radius 2 is 1.84 bits per heavy atom. The summed E-state index contributed by atoms with van der Waals surface area (Å²) in [7, 11) is 0. The summed E-state index contributed by atoms with van der Waals surface area (Å²) in [6.07, 6.45) is 0. The average molecular weight is 353 g/mol. The van der Waals surface area contributed by atoms with E-state index in [-0.39, 0.29) is 23.2 Å². The van der Waals surface area contributed by atoms with Crippen molar-refractivity contribution in [3.05, 3.63) is 57.6 Å². The van der Waals surface area contributed by atoms with Crippen molar-refractivity contribution in [2.24, 2.45) is 0 Å². The quantitative estimate of drug-likeness (QED) is 0.513. The summed E-state index contributed by atoms with van der Waals surface area (Å²) in [6.45, 7) is 3.04. The van der Waals surface area contributed by atoms with Crippen LogP contribution in [0.4, 0.5) is 0 Å². The fourth-order valence-corrected chi connectivity index (χ4v) is 3.77. The molecule has 0 aliphatic heterocycles.